The number of nitrogens with zero attached hydrogens (tertiary/aromatic N) is 1. The Morgan fingerprint density at radius 1 is 1.00 bits per heavy atom. The van der Waals surface area contributed by atoms with Gasteiger partial charge in [0.15, 0.2) is 11.5 Å². The largest absolute Gasteiger partial charge is 0.490 e. The molecule has 3 aromatic rings. The second-order valence-electron chi connectivity index (χ2n) is 7.62. The topological polar surface area (TPSA) is 86.2 Å². The third kappa shape index (κ3) is 6.56. The Morgan fingerprint density at radius 2 is 1.77 bits per heavy atom. The van der Waals surface area contributed by atoms with E-state index >= 15 is 0 Å². The summed E-state index contributed by atoms with van der Waals surface area (Å²) in [5.74, 6) is -0.206. The highest BCUT2D eigenvalue weighted by atomic mass is 35.5. The van der Waals surface area contributed by atoms with Crippen molar-refractivity contribution in [1.82, 2.24) is 5.43 Å². The fraction of sp³-hybridized carbons (Fsp3) is 0.148. The highest BCUT2D eigenvalue weighted by Gasteiger charge is 2.14. The number of fused-ring (bicyclic) bond motifs is 1. The maximum atomic E-state index is 12.4. The zero-order valence-corrected chi connectivity index (χ0v) is 19.7. The van der Waals surface area contributed by atoms with E-state index in [4.69, 9.17) is 25.8 Å². The summed E-state index contributed by atoms with van der Waals surface area (Å²) >= 11 is 5.87. The molecule has 0 saturated carbocycles. The molecule has 1 aliphatic rings. The number of nitrogens with one attached hydrogen (secondary N) is 1. The summed E-state index contributed by atoms with van der Waals surface area (Å²) in [4.78, 5) is 24.7. The van der Waals surface area contributed by atoms with Crippen molar-refractivity contribution in [2.75, 3.05) is 6.61 Å². The monoisotopic (exact) mass is 490 g/mol. The molecule has 178 valence electrons. The molecule has 1 heterocycles. The lowest BCUT2D eigenvalue weighted by Gasteiger charge is -2.10. The highest BCUT2D eigenvalue weighted by Crippen LogP contribution is 2.28. The average Bonchev–Trinajstić information content (AvgIpc) is 3.33. The zero-order valence-electron chi connectivity index (χ0n) is 19.0. The molecule has 0 aliphatic carbocycles. The molecular weight excluding hydrogens is 468 g/mol. The number of hydrogen-bond donors (Lipinski definition) is 1. The van der Waals surface area contributed by atoms with E-state index in [1.807, 2.05) is 19.1 Å². The maximum absolute atomic E-state index is 12.4. The van der Waals surface area contributed by atoms with Gasteiger partial charge in [-0.3, -0.25) is 4.79 Å². The van der Waals surface area contributed by atoms with Crippen molar-refractivity contribution < 1.29 is 23.8 Å². The van der Waals surface area contributed by atoms with Crippen LogP contribution in [0.25, 0.3) is 6.08 Å². The average molecular weight is 491 g/mol. The van der Waals surface area contributed by atoms with Crippen LogP contribution in [0.1, 0.15) is 39.5 Å². The molecule has 3 aromatic carbocycles. The number of carbonyl (C=O) groups is 2. The minimum absolute atomic E-state index is 0.277. The summed E-state index contributed by atoms with van der Waals surface area (Å²) in [6.45, 7) is 3.29. The van der Waals surface area contributed by atoms with Crippen molar-refractivity contribution in [3.8, 4) is 11.5 Å². The number of esters is 1. The molecule has 0 unspecified atom stereocenters. The van der Waals surface area contributed by atoms with Crippen LogP contribution in [0, 0.1) is 0 Å². The minimum Gasteiger partial charge on any atom is -0.490 e. The minimum atomic E-state index is -0.547. The summed E-state index contributed by atoms with van der Waals surface area (Å²) in [6.07, 6.45) is 4.45. The van der Waals surface area contributed by atoms with E-state index in [0.29, 0.717) is 41.7 Å². The predicted octanol–water partition coefficient (Wildman–Crippen LogP) is 5.15. The van der Waals surface area contributed by atoms with Crippen LogP contribution in [0.15, 0.2) is 71.8 Å². The lowest BCUT2D eigenvalue weighted by atomic mass is 10.1. The molecule has 35 heavy (non-hydrogen) atoms. The Labute approximate surface area is 208 Å². The summed E-state index contributed by atoms with van der Waals surface area (Å²) in [7, 11) is 0. The Balaban J connectivity index is 1.39. The van der Waals surface area contributed by atoms with E-state index < -0.39 is 5.97 Å². The second kappa shape index (κ2) is 11.5. The van der Waals surface area contributed by atoms with Crippen LogP contribution in [0.4, 0.5) is 0 Å². The summed E-state index contributed by atoms with van der Waals surface area (Å²) in [6, 6.07) is 17.5. The standard InChI is InChI=1S/C27H23ClN2O5/c1-2-34-25-13-19(15-29-30-27(32)20-7-8-21-16-33-17-22(21)14-20)5-11-24(25)35-26(31)12-6-18-3-9-23(28)10-4-18/h3-15H,2,16-17H2,1H3,(H,30,32)/b12-6+,29-15?. The molecule has 4 rings (SSSR count). The predicted molar refractivity (Wildman–Crippen MR) is 134 cm³/mol. The van der Waals surface area contributed by atoms with Crippen molar-refractivity contribution in [3.05, 3.63) is 99.6 Å². The molecule has 1 N–H and O–H groups in total. The van der Waals surface area contributed by atoms with E-state index in [1.54, 1.807) is 54.6 Å². The molecular formula is C27H23ClN2O5. The third-order valence-electron chi connectivity index (χ3n) is 5.12. The van der Waals surface area contributed by atoms with Gasteiger partial charge in [0.25, 0.3) is 5.91 Å². The quantitative estimate of drug-likeness (QED) is 0.155. The van der Waals surface area contributed by atoms with Crippen LogP contribution in [-0.2, 0) is 22.7 Å². The second-order valence-corrected chi connectivity index (χ2v) is 8.06. The molecule has 0 bridgehead atoms. The molecule has 1 amide bonds. The van der Waals surface area contributed by atoms with Gasteiger partial charge in [0.05, 0.1) is 26.0 Å². The molecule has 1 aliphatic heterocycles. The van der Waals surface area contributed by atoms with Gasteiger partial charge in [0, 0.05) is 16.7 Å². The number of amides is 1. The first kappa shape index (κ1) is 24.2. The van der Waals surface area contributed by atoms with E-state index in [1.165, 1.54) is 12.3 Å². The highest BCUT2D eigenvalue weighted by molar-refractivity contribution is 6.30. The molecule has 0 fully saturated rings. The molecule has 7 nitrogen and oxygen atoms in total. The van der Waals surface area contributed by atoms with Gasteiger partial charge in [-0.05, 0) is 77.7 Å². The lowest BCUT2D eigenvalue weighted by molar-refractivity contribution is -0.129. The number of ether oxygens (including phenoxy) is 3. The summed E-state index contributed by atoms with van der Waals surface area (Å²) in [5.41, 5.74) is 6.61. The number of benzene rings is 3. The first-order valence-corrected chi connectivity index (χ1v) is 11.3. The van der Waals surface area contributed by atoms with Gasteiger partial charge in [-0.2, -0.15) is 5.10 Å². The van der Waals surface area contributed by atoms with Crippen molar-refractivity contribution in [2.45, 2.75) is 20.1 Å². The van der Waals surface area contributed by atoms with Crippen LogP contribution in [0.3, 0.4) is 0 Å². The smallest absolute Gasteiger partial charge is 0.336 e. The SMILES string of the molecule is CCOc1cc(C=NNC(=O)c2ccc3c(c2)COC3)ccc1OC(=O)/C=C/c1ccc(Cl)cc1. The van der Waals surface area contributed by atoms with Gasteiger partial charge in [0.1, 0.15) is 0 Å². The number of hydrogen-bond acceptors (Lipinski definition) is 6. The van der Waals surface area contributed by atoms with Crippen molar-refractivity contribution in [1.29, 1.82) is 0 Å². The van der Waals surface area contributed by atoms with Crippen molar-refractivity contribution >= 4 is 35.8 Å². The Bertz CT molecular complexity index is 1290. The number of rotatable bonds is 8. The van der Waals surface area contributed by atoms with Crippen LogP contribution in [0.5, 0.6) is 11.5 Å². The maximum Gasteiger partial charge on any atom is 0.336 e. The summed E-state index contributed by atoms with van der Waals surface area (Å²) < 4.78 is 16.4. The van der Waals surface area contributed by atoms with Crippen LogP contribution in [-0.4, -0.2) is 24.7 Å². The lowest BCUT2D eigenvalue weighted by Crippen LogP contribution is -2.17. The van der Waals surface area contributed by atoms with Gasteiger partial charge < -0.3 is 14.2 Å². The molecule has 0 atom stereocenters. The molecule has 0 spiro atoms. The van der Waals surface area contributed by atoms with Crippen LogP contribution in [0.2, 0.25) is 5.02 Å². The van der Waals surface area contributed by atoms with E-state index in [9.17, 15) is 9.59 Å². The molecule has 0 aromatic heterocycles. The molecule has 8 heteroatoms. The first-order chi connectivity index (χ1) is 17.0. The van der Waals surface area contributed by atoms with Crippen LogP contribution < -0.4 is 14.9 Å². The Hall–Kier alpha value is -3.94. The Morgan fingerprint density at radius 3 is 2.57 bits per heavy atom. The van der Waals surface area contributed by atoms with Gasteiger partial charge in [-0.1, -0.05) is 29.8 Å². The summed E-state index contributed by atoms with van der Waals surface area (Å²) in [5, 5.41) is 4.65. The van der Waals surface area contributed by atoms with E-state index in [-0.39, 0.29) is 11.7 Å². The fourth-order valence-electron chi connectivity index (χ4n) is 3.38. The van der Waals surface area contributed by atoms with Crippen LogP contribution >= 0.6 is 11.6 Å². The first-order valence-electron chi connectivity index (χ1n) is 11.0. The third-order valence-corrected chi connectivity index (χ3v) is 5.38. The number of hydrazone groups is 1. The number of halogens is 1. The molecule has 0 radical (unpaired) electrons. The van der Waals surface area contributed by atoms with Gasteiger partial charge in [-0.25, -0.2) is 10.2 Å². The van der Waals surface area contributed by atoms with Gasteiger partial charge in [0.2, 0.25) is 0 Å². The molecule has 0 saturated heterocycles. The normalized spacial score (nSPS) is 12.6. The van der Waals surface area contributed by atoms with E-state index in [2.05, 4.69) is 10.5 Å². The fourth-order valence-corrected chi connectivity index (χ4v) is 3.51. The van der Waals surface area contributed by atoms with E-state index in [0.717, 1.165) is 16.7 Å². The van der Waals surface area contributed by atoms with Crippen molar-refractivity contribution in [2.24, 2.45) is 5.10 Å². The van der Waals surface area contributed by atoms with Gasteiger partial charge in [-0.15, -0.1) is 0 Å². The zero-order chi connectivity index (χ0) is 24.6. The number of carbonyl (C=O) groups excluding carboxylic acids is 2. The van der Waals surface area contributed by atoms with Crippen molar-refractivity contribution in [3.63, 3.8) is 0 Å². The van der Waals surface area contributed by atoms with Gasteiger partial charge >= 0.3 is 5.97 Å². The Kier molecular flexibility index (Phi) is 7.92.